The molecule has 0 spiro atoms. The van der Waals surface area contributed by atoms with E-state index >= 15 is 0 Å². The van der Waals surface area contributed by atoms with Crippen LogP contribution >= 0.6 is 0 Å². The van der Waals surface area contributed by atoms with Gasteiger partial charge in [-0.2, -0.15) is 0 Å². The van der Waals surface area contributed by atoms with Gasteiger partial charge in [0.2, 0.25) is 5.91 Å². The summed E-state index contributed by atoms with van der Waals surface area (Å²) >= 11 is 0. The van der Waals surface area contributed by atoms with E-state index in [9.17, 15) is 23.2 Å². The molecule has 136 valence electrons. The van der Waals surface area contributed by atoms with E-state index in [1.165, 1.54) is 26.0 Å². The fourth-order valence-electron chi connectivity index (χ4n) is 2.05. The van der Waals surface area contributed by atoms with Gasteiger partial charge in [0.15, 0.2) is 6.10 Å². The number of rotatable bonds is 5. The molecule has 26 heavy (non-hydrogen) atoms. The van der Waals surface area contributed by atoms with Crippen LogP contribution in [-0.2, 0) is 14.3 Å². The number of nitrogens with one attached hydrogen (secondary N) is 2. The number of halogens is 2. The van der Waals surface area contributed by atoms with Gasteiger partial charge in [0.25, 0.3) is 5.91 Å². The summed E-state index contributed by atoms with van der Waals surface area (Å²) in [7, 11) is 0. The van der Waals surface area contributed by atoms with Crippen molar-refractivity contribution in [1.29, 1.82) is 0 Å². The van der Waals surface area contributed by atoms with Crippen LogP contribution < -0.4 is 10.6 Å². The summed E-state index contributed by atoms with van der Waals surface area (Å²) in [6.07, 6.45) is -1.28. The van der Waals surface area contributed by atoms with Crippen molar-refractivity contribution >= 4 is 29.2 Å². The van der Waals surface area contributed by atoms with Crippen molar-refractivity contribution in [1.82, 2.24) is 0 Å². The van der Waals surface area contributed by atoms with Gasteiger partial charge in [-0.05, 0) is 43.3 Å². The molecule has 0 aromatic heterocycles. The molecule has 0 heterocycles. The Bertz CT molecular complexity index is 817. The van der Waals surface area contributed by atoms with E-state index in [1.807, 2.05) is 0 Å². The lowest BCUT2D eigenvalue weighted by molar-refractivity contribution is -0.123. The third-order valence-corrected chi connectivity index (χ3v) is 3.29. The van der Waals surface area contributed by atoms with Crippen LogP contribution in [-0.4, -0.2) is 23.9 Å². The highest BCUT2D eigenvalue weighted by atomic mass is 19.1. The Labute approximate surface area is 148 Å². The molecule has 0 bridgehead atoms. The molecule has 1 atom stereocenters. The van der Waals surface area contributed by atoms with Gasteiger partial charge in [-0.3, -0.25) is 9.59 Å². The van der Waals surface area contributed by atoms with Crippen molar-refractivity contribution in [2.24, 2.45) is 0 Å². The molecule has 0 radical (unpaired) electrons. The first-order valence-electron chi connectivity index (χ1n) is 7.61. The van der Waals surface area contributed by atoms with Gasteiger partial charge in [0, 0.05) is 18.3 Å². The molecule has 0 saturated carbocycles. The Morgan fingerprint density at radius 2 is 1.42 bits per heavy atom. The second kappa shape index (κ2) is 8.19. The average Bonchev–Trinajstić information content (AvgIpc) is 2.56. The van der Waals surface area contributed by atoms with Crippen LogP contribution in [0, 0.1) is 11.6 Å². The molecule has 0 aliphatic heterocycles. The molecule has 0 saturated heterocycles. The first-order chi connectivity index (χ1) is 12.3. The SMILES string of the molecule is CC(=O)Nc1ccc(NC(=O)[C@H](C)OC(=O)c2c(F)cccc2F)cc1. The number of hydrogen-bond acceptors (Lipinski definition) is 4. The number of carbonyl (C=O) groups excluding carboxylic acids is 3. The normalized spacial score (nSPS) is 11.4. The van der Waals surface area contributed by atoms with E-state index in [0.29, 0.717) is 11.4 Å². The molecule has 2 amide bonds. The standard InChI is InChI=1S/C18H16F2N2O4/c1-10(26-18(25)16-14(19)4-3-5-15(16)20)17(24)22-13-8-6-12(7-9-13)21-11(2)23/h3-10H,1-2H3,(H,21,23)(H,22,24)/t10-/m0/s1. The molecule has 0 aliphatic carbocycles. The predicted molar refractivity (Wildman–Crippen MR) is 90.6 cm³/mol. The third kappa shape index (κ3) is 4.85. The minimum Gasteiger partial charge on any atom is -0.449 e. The van der Waals surface area contributed by atoms with Crippen molar-refractivity contribution in [2.45, 2.75) is 20.0 Å². The zero-order chi connectivity index (χ0) is 19.3. The highest BCUT2D eigenvalue weighted by molar-refractivity contribution is 5.97. The van der Waals surface area contributed by atoms with Crippen LogP contribution in [0.2, 0.25) is 0 Å². The lowest BCUT2D eigenvalue weighted by atomic mass is 10.2. The van der Waals surface area contributed by atoms with Gasteiger partial charge >= 0.3 is 5.97 Å². The fourth-order valence-corrected chi connectivity index (χ4v) is 2.05. The zero-order valence-corrected chi connectivity index (χ0v) is 14.0. The summed E-state index contributed by atoms with van der Waals surface area (Å²) in [5, 5.41) is 5.06. The predicted octanol–water partition coefficient (Wildman–Crippen LogP) is 3.11. The molecule has 2 aromatic rings. The van der Waals surface area contributed by atoms with Gasteiger partial charge < -0.3 is 15.4 Å². The van der Waals surface area contributed by atoms with E-state index < -0.39 is 35.2 Å². The molecule has 2 aromatic carbocycles. The van der Waals surface area contributed by atoms with Crippen molar-refractivity contribution < 1.29 is 27.9 Å². The molecule has 0 unspecified atom stereocenters. The topological polar surface area (TPSA) is 84.5 Å². The van der Waals surface area contributed by atoms with Gasteiger partial charge in [-0.25, -0.2) is 13.6 Å². The highest BCUT2D eigenvalue weighted by Gasteiger charge is 2.24. The van der Waals surface area contributed by atoms with Crippen LogP contribution in [0.25, 0.3) is 0 Å². The Kier molecular flexibility index (Phi) is 6.00. The van der Waals surface area contributed by atoms with Crippen LogP contribution in [0.1, 0.15) is 24.2 Å². The molecular weight excluding hydrogens is 346 g/mol. The molecular formula is C18H16F2N2O4. The molecule has 0 aliphatic rings. The number of benzene rings is 2. The minimum atomic E-state index is -1.28. The first kappa shape index (κ1) is 19.0. The van der Waals surface area contributed by atoms with Gasteiger partial charge in [0.1, 0.15) is 17.2 Å². The van der Waals surface area contributed by atoms with Crippen molar-refractivity contribution in [2.75, 3.05) is 10.6 Å². The largest absolute Gasteiger partial charge is 0.449 e. The number of carbonyl (C=O) groups is 3. The maximum Gasteiger partial charge on any atom is 0.344 e. The molecule has 2 N–H and O–H groups in total. The Balaban J connectivity index is 1.99. The monoisotopic (exact) mass is 362 g/mol. The van der Waals surface area contributed by atoms with E-state index in [4.69, 9.17) is 4.74 Å². The summed E-state index contributed by atoms with van der Waals surface area (Å²) in [5.41, 5.74) is 0.0842. The molecule has 2 rings (SSSR count). The maximum absolute atomic E-state index is 13.6. The van der Waals surface area contributed by atoms with Gasteiger partial charge in [-0.15, -0.1) is 0 Å². The minimum absolute atomic E-state index is 0.234. The summed E-state index contributed by atoms with van der Waals surface area (Å²) in [6, 6.07) is 9.16. The number of amides is 2. The number of anilines is 2. The van der Waals surface area contributed by atoms with Gasteiger partial charge in [-0.1, -0.05) is 6.07 Å². The number of esters is 1. The number of ether oxygens (including phenoxy) is 1. The van der Waals surface area contributed by atoms with Crippen LogP contribution in [0.4, 0.5) is 20.2 Å². The van der Waals surface area contributed by atoms with Gasteiger partial charge in [0.05, 0.1) is 0 Å². The second-order valence-electron chi connectivity index (χ2n) is 5.39. The van der Waals surface area contributed by atoms with Crippen molar-refractivity contribution in [3.05, 3.63) is 59.7 Å². The Morgan fingerprint density at radius 1 is 0.923 bits per heavy atom. The lowest BCUT2D eigenvalue weighted by Crippen LogP contribution is -2.30. The maximum atomic E-state index is 13.6. The first-order valence-corrected chi connectivity index (χ1v) is 7.61. The zero-order valence-electron chi connectivity index (χ0n) is 14.0. The summed E-state index contributed by atoms with van der Waals surface area (Å²) in [6.45, 7) is 2.64. The smallest absolute Gasteiger partial charge is 0.344 e. The Morgan fingerprint density at radius 3 is 1.92 bits per heavy atom. The summed E-state index contributed by atoms with van der Waals surface area (Å²) in [4.78, 5) is 34.9. The van der Waals surface area contributed by atoms with Crippen molar-refractivity contribution in [3.8, 4) is 0 Å². The quantitative estimate of drug-likeness (QED) is 0.801. The highest BCUT2D eigenvalue weighted by Crippen LogP contribution is 2.16. The van der Waals surface area contributed by atoms with E-state index in [2.05, 4.69) is 10.6 Å². The van der Waals surface area contributed by atoms with Crippen LogP contribution in [0.15, 0.2) is 42.5 Å². The van der Waals surface area contributed by atoms with Crippen molar-refractivity contribution in [3.63, 3.8) is 0 Å². The molecule has 8 heteroatoms. The summed E-state index contributed by atoms with van der Waals surface area (Å²) in [5.74, 6) is -4.33. The van der Waals surface area contributed by atoms with E-state index in [-0.39, 0.29) is 5.91 Å². The van der Waals surface area contributed by atoms with Crippen LogP contribution in [0.5, 0.6) is 0 Å². The second-order valence-corrected chi connectivity index (χ2v) is 5.39. The molecule has 6 nitrogen and oxygen atoms in total. The number of hydrogen-bond donors (Lipinski definition) is 2. The summed E-state index contributed by atoms with van der Waals surface area (Å²) < 4.78 is 31.9. The van der Waals surface area contributed by atoms with Crippen LogP contribution in [0.3, 0.4) is 0 Å². The fraction of sp³-hybridized carbons (Fsp3) is 0.167. The lowest BCUT2D eigenvalue weighted by Gasteiger charge is -2.14. The average molecular weight is 362 g/mol. The third-order valence-electron chi connectivity index (χ3n) is 3.29. The Hall–Kier alpha value is -3.29. The van der Waals surface area contributed by atoms with E-state index in [0.717, 1.165) is 18.2 Å². The van der Waals surface area contributed by atoms with E-state index in [1.54, 1.807) is 12.1 Å². The molecule has 0 fully saturated rings.